The van der Waals surface area contributed by atoms with Crippen LogP contribution in [0.5, 0.6) is 0 Å². The van der Waals surface area contributed by atoms with Crippen molar-refractivity contribution in [3.63, 3.8) is 0 Å². The van der Waals surface area contributed by atoms with Gasteiger partial charge in [0.25, 0.3) is 5.56 Å². The zero-order valence-electron chi connectivity index (χ0n) is 8.87. The number of hydrogen-bond acceptors (Lipinski definition) is 2. The zero-order chi connectivity index (χ0) is 10.3. The second kappa shape index (κ2) is 3.23. The molecule has 1 N–H and O–H groups in total. The highest BCUT2D eigenvalue weighted by Gasteiger charge is 2.36. The summed E-state index contributed by atoms with van der Waals surface area (Å²) in [5, 5.41) is 0. The topological polar surface area (TPSA) is 45.8 Å². The molecule has 2 unspecified atom stereocenters. The maximum absolute atomic E-state index is 11.4. The standard InChI is InChI=1S/C11H16N2O/c1-6(2)9-5-10(14)13-11(12-9)8-4-7(8)3/h5-8H,4H2,1-3H3,(H,12,13,14). The Kier molecular flexibility index (Phi) is 2.17. The molecule has 1 aromatic heterocycles. The fourth-order valence-electron chi connectivity index (χ4n) is 1.67. The van der Waals surface area contributed by atoms with Crippen LogP contribution in [0.15, 0.2) is 10.9 Å². The molecule has 3 nitrogen and oxygen atoms in total. The summed E-state index contributed by atoms with van der Waals surface area (Å²) in [6, 6.07) is 1.60. The van der Waals surface area contributed by atoms with Crippen LogP contribution >= 0.6 is 0 Å². The summed E-state index contributed by atoms with van der Waals surface area (Å²) >= 11 is 0. The molecule has 1 saturated carbocycles. The highest BCUT2D eigenvalue weighted by molar-refractivity contribution is 5.14. The summed E-state index contributed by atoms with van der Waals surface area (Å²) in [4.78, 5) is 18.7. The predicted molar refractivity (Wildman–Crippen MR) is 55.5 cm³/mol. The Morgan fingerprint density at radius 2 is 2.21 bits per heavy atom. The largest absolute Gasteiger partial charge is 0.310 e. The van der Waals surface area contributed by atoms with Crippen LogP contribution in [0.2, 0.25) is 0 Å². The number of aromatic nitrogens is 2. The van der Waals surface area contributed by atoms with Gasteiger partial charge in [-0.15, -0.1) is 0 Å². The van der Waals surface area contributed by atoms with E-state index in [4.69, 9.17) is 0 Å². The monoisotopic (exact) mass is 192 g/mol. The van der Waals surface area contributed by atoms with Crippen molar-refractivity contribution in [2.45, 2.75) is 39.0 Å². The molecule has 1 aromatic rings. The molecule has 1 aliphatic carbocycles. The van der Waals surface area contributed by atoms with E-state index in [2.05, 4.69) is 30.7 Å². The molecule has 0 aliphatic heterocycles. The van der Waals surface area contributed by atoms with Crippen molar-refractivity contribution >= 4 is 0 Å². The number of hydrogen-bond donors (Lipinski definition) is 1. The number of H-pyrrole nitrogens is 1. The van der Waals surface area contributed by atoms with E-state index in [9.17, 15) is 4.79 Å². The molecule has 0 radical (unpaired) electrons. The summed E-state index contributed by atoms with van der Waals surface area (Å²) in [6.07, 6.45) is 1.16. The van der Waals surface area contributed by atoms with E-state index in [1.807, 2.05) is 0 Å². The van der Waals surface area contributed by atoms with Gasteiger partial charge in [0.1, 0.15) is 5.82 Å². The lowest BCUT2D eigenvalue weighted by atomic mass is 10.1. The third kappa shape index (κ3) is 1.72. The van der Waals surface area contributed by atoms with Gasteiger partial charge in [-0.25, -0.2) is 4.98 Å². The van der Waals surface area contributed by atoms with E-state index in [0.717, 1.165) is 17.9 Å². The molecule has 1 fully saturated rings. The highest BCUT2D eigenvalue weighted by atomic mass is 16.1. The highest BCUT2D eigenvalue weighted by Crippen LogP contribution is 2.45. The first-order chi connectivity index (χ1) is 6.58. The first-order valence-corrected chi connectivity index (χ1v) is 5.19. The minimum atomic E-state index is -0.0159. The first kappa shape index (κ1) is 9.44. The molecule has 76 valence electrons. The van der Waals surface area contributed by atoms with E-state index >= 15 is 0 Å². The molecular formula is C11H16N2O. The molecule has 0 saturated heterocycles. The van der Waals surface area contributed by atoms with Crippen LogP contribution in [0.4, 0.5) is 0 Å². The van der Waals surface area contributed by atoms with Crippen LogP contribution in [-0.2, 0) is 0 Å². The van der Waals surface area contributed by atoms with Gasteiger partial charge in [-0.1, -0.05) is 20.8 Å². The van der Waals surface area contributed by atoms with E-state index in [1.165, 1.54) is 0 Å². The van der Waals surface area contributed by atoms with E-state index in [-0.39, 0.29) is 5.56 Å². The van der Waals surface area contributed by atoms with Gasteiger partial charge in [0.15, 0.2) is 0 Å². The molecule has 2 rings (SSSR count). The Bertz CT molecular complexity index is 395. The molecule has 3 heteroatoms. The third-order valence-corrected chi connectivity index (χ3v) is 2.83. The molecule has 1 heterocycles. The van der Waals surface area contributed by atoms with E-state index in [0.29, 0.717) is 17.8 Å². The van der Waals surface area contributed by atoms with Crippen LogP contribution in [0, 0.1) is 5.92 Å². The Hall–Kier alpha value is -1.12. The Balaban J connectivity index is 2.37. The summed E-state index contributed by atoms with van der Waals surface area (Å²) in [6.45, 7) is 6.30. The molecule has 1 aliphatic rings. The summed E-state index contributed by atoms with van der Waals surface area (Å²) < 4.78 is 0. The van der Waals surface area contributed by atoms with Crippen LogP contribution < -0.4 is 5.56 Å². The van der Waals surface area contributed by atoms with E-state index in [1.54, 1.807) is 6.07 Å². The number of nitrogens with zero attached hydrogens (tertiary/aromatic N) is 1. The minimum Gasteiger partial charge on any atom is -0.310 e. The average molecular weight is 192 g/mol. The lowest BCUT2D eigenvalue weighted by molar-refractivity contribution is 0.759. The van der Waals surface area contributed by atoms with Crippen molar-refractivity contribution in [2.24, 2.45) is 5.92 Å². The lowest BCUT2D eigenvalue weighted by Crippen LogP contribution is -2.13. The third-order valence-electron chi connectivity index (χ3n) is 2.83. The SMILES string of the molecule is CC(C)c1cc(=O)[nH]c(C2CC2C)n1. The number of rotatable bonds is 2. The zero-order valence-corrected chi connectivity index (χ0v) is 8.87. The van der Waals surface area contributed by atoms with Crippen molar-refractivity contribution < 1.29 is 0 Å². The maximum Gasteiger partial charge on any atom is 0.251 e. The normalized spacial score (nSPS) is 25.4. The fraction of sp³-hybridized carbons (Fsp3) is 0.636. The van der Waals surface area contributed by atoms with Gasteiger partial charge in [-0.3, -0.25) is 4.79 Å². The maximum atomic E-state index is 11.4. The lowest BCUT2D eigenvalue weighted by Gasteiger charge is -2.05. The Morgan fingerprint density at radius 3 is 2.71 bits per heavy atom. The van der Waals surface area contributed by atoms with Crippen molar-refractivity contribution in [1.29, 1.82) is 0 Å². The van der Waals surface area contributed by atoms with Crippen LogP contribution in [0.1, 0.15) is 50.5 Å². The Morgan fingerprint density at radius 1 is 1.57 bits per heavy atom. The van der Waals surface area contributed by atoms with Crippen molar-refractivity contribution in [1.82, 2.24) is 9.97 Å². The quantitative estimate of drug-likeness (QED) is 0.779. The van der Waals surface area contributed by atoms with E-state index < -0.39 is 0 Å². The van der Waals surface area contributed by atoms with Crippen LogP contribution in [-0.4, -0.2) is 9.97 Å². The number of nitrogens with one attached hydrogen (secondary N) is 1. The smallest absolute Gasteiger partial charge is 0.251 e. The molecule has 0 amide bonds. The van der Waals surface area contributed by atoms with Gasteiger partial charge in [0.05, 0.1) is 5.69 Å². The van der Waals surface area contributed by atoms with Crippen LogP contribution in [0.25, 0.3) is 0 Å². The van der Waals surface area contributed by atoms with Crippen molar-refractivity contribution in [3.05, 3.63) is 27.9 Å². The molecule has 0 bridgehead atoms. The average Bonchev–Trinajstić information content (AvgIpc) is 2.81. The summed E-state index contributed by atoms with van der Waals surface area (Å²) in [7, 11) is 0. The first-order valence-electron chi connectivity index (χ1n) is 5.19. The Labute approximate surface area is 83.6 Å². The van der Waals surface area contributed by atoms with Crippen molar-refractivity contribution in [3.8, 4) is 0 Å². The molecule has 0 aromatic carbocycles. The summed E-state index contributed by atoms with van der Waals surface area (Å²) in [5.41, 5.74) is 0.889. The second-order valence-corrected chi connectivity index (χ2v) is 4.53. The molecular weight excluding hydrogens is 176 g/mol. The van der Waals surface area contributed by atoms with Gasteiger partial charge < -0.3 is 4.98 Å². The summed E-state index contributed by atoms with van der Waals surface area (Å²) in [5.74, 6) is 2.38. The molecule has 14 heavy (non-hydrogen) atoms. The molecule has 0 spiro atoms. The van der Waals surface area contributed by atoms with Gasteiger partial charge in [-0.2, -0.15) is 0 Å². The molecule has 2 atom stereocenters. The second-order valence-electron chi connectivity index (χ2n) is 4.53. The fourth-order valence-corrected chi connectivity index (χ4v) is 1.67. The number of aromatic amines is 1. The van der Waals surface area contributed by atoms with Gasteiger partial charge in [0, 0.05) is 12.0 Å². The minimum absolute atomic E-state index is 0.0159. The van der Waals surface area contributed by atoms with Crippen molar-refractivity contribution in [2.75, 3.05) is 0 Å². The van der Waals surface area contributed by atoms with Gasteiger partial charge in [0.2, 0.25) is 0 Å². The van der Waals surface area contributed by atoms with Gasteiger partial charge >= 0.3 is 0 Å². The van der Waals surface area contributed by atoms with Gasteiger partial charge in [-0.05, 0) is 18.3 Å². The predicted octanol–water partition coefficient (Wildman–Crippen LogP) is 2.02. The van der Waals surface area contributed by atoms with Crippen LogP contribution in [0.3, 0.4) is 0 Å².